The van der Waals surface area contributed by atoms with Crippen molar-refractivity contribution in [3.05, 3.63) is 0 Å². The van der Waals surface area contributed by atoms with E-state index < -0.39 is 12.0 Å². The largest absolute Gasteiger partial charge is 0.480 e. The molecule has 0 aromatic carbocycles. The number of amides is 1. The van der Waals surface area contributed by atoms with Crippen molar-refractivity contribution in [1.29, 1.82) is 0 Å². The quantitative estimate of drug-likeness (QED) is 0.821. The lowest BCUT2D eigenvalue weighted by atomic mass is 10.2. The summed E-state index contributed by atoms with van der Waals surface area (Å²) in [7, 11) is 0. The second kappa shape index (κ2) is 4.87. The molecule has 0 aromatic rings. The van der Waals surface area contributed by atoms with Crippen LogP contribution in [0.5, 0.6) is 0 Å². The van der Waals surface area contributed by atoms with E-state index in [0.29, 0.717) is 17.4 Å². The standard InChI is InChI=1S/C10H15NO3S2/c1-15-5-8(12)11-7(10(13)14)4-16-9(11)6-2-3-6/h6-7,9H,2-5H2,1H3,(H,13,14). The number of rotatable bonds is 4. The molecule has 0 radical (unpaired) electrons. The van der Waals surface area contributed by atoms with Gasteiger partial charge in [-0.2, -0.15) is 11.8 Å². The van der Waals surface area contributed by atoms with Crippen molar-refractivity contribution in [3.8, 4) is 0 Å². The fourth-order valence-electron chi connectivity index (χ4n) is 1.98. The summed E-state index contributed by atoms with van der Waals surface area (Å²) < 4.78 is 0. The fourth-order valence-corrected chi connectivity index (χ4v) is 4.02. The van der Waals surface area contributed by atoms with Crippen molar-refractivity contribution in [2.24, 2.45) is 5.92 Å². The van der Waals surface area contributed by atoms with Gasteiger partial charge in [0.05, 0.1) is 11.1 Å². The summed E-state index contributed by atoms with van der Waals surface area (Å²) in [5, 5.41) is 9.22. The maximum Gasteiger partial charge on any atom is 0.327 e. The van der Waals surface area contributed by atoms with Gasteiger partial charge < -0.3 is 10.0 Å². The molecule has 2 fully saturated rings. The van der Waals surface area contributed by atoms with E-state index >= 15 is 0 Å². The molecule has 16 heavy (non-hydrogen) atoms. The van der Waals surface area contributed by atoms with E-state index in [9.17, 15) is 9.59 Å². The minimum Gasteiger partial charge on any atom is -0.480 e. The lowest BCUT2D eigenvalue weighted by molar-refractivity contribution is -0.148. The molecule has 0 spiro atoms. The Bertz CT molecular complexity index is 306. The molecule has 1 saturated heterocycles. The van der Waals surface area contributed by atoms with Crippen LogP contribution in [0, 0.1) is 5.92 Å². The number of hydrogen-bond acceptors (Lipinski definition) is 4. The van der Waals surface area contributed by atoms with Crippen LogP contribution in [0.4, 0.5) is 0 Å². The molecule has 6 heteroatoms. The zero-order valence-corrected chi connectivity index (χ0v) is 10.7. The number of carbonyl (C=O) groups excluding carboxylic acids is 1. The number of aliphatic carboxylic acids is 1. The first kappa shape index (κ1) is 12.1. The van der Waals surface area contributed by atoms with Crippen molar-refractivity contribution in [3.63, 3.8) is 0 Å². The van der Waals surface area contributed by atoms with E-state index in [1.54, 1.807) is 16.7 Å². The van der Waals surface area contributed by atoms with Gasteiger partial charge in [-0.15, -0.1) is 11.8 Å². The summed E-state index contributed by atoms with van der Waals surface area (Å²) in [5.74, 6) is 0.552. The first-order chi connectivity index (χ1) is 7.65. The number of carboxylic acid groups (broad SMARTS) is 1. The minimum absolute atomic E-state index is 0.0261. The second-order valence-electron chi connectivity index (χ2n) is 4.15. The van der Waals surface area contributed by atoms with Gasteiger partial charge in [-0.05, 0) is 25.0 Å². The highest BCUT2D eigenvalue weighted by atomic mass is 32.2. The number of carboxylic acids is 1. The van der Waals surface area contributed by atoms with Crippen LogP contribution in [-0.4, -0.2) is 51.1 Å². The predicted octanol–water partition coefficient (Wildman–Crippen LogP) is 1.11. The van der Waals surface area contributed by atoms with Gasteiger partial charge >= 0.3 is 5.97 Å². The average molecular weight is 261 g/mol. The van der Waals surface area contributed by atoms with Gasteiger partial charge in [0.15, 0.2) is 0 Å². The van der Waals surface area contributed by atoms with Crippen molar-refractivity contribution >= 4 is 35.4 Å². The molecule has 1 N–H and O–H groups in total. The molecule has 1 saturated carbocycles. The summed E-state index contributed by atoms with van der Waals surface area (Å²) in [5.41, 5.74) is 0. The van der Waals surface area contributed by atoms with Gasteiger partial charge in [0.1, 0.15) is 6.04 Å². The van der Waals surface area contributed by atoms with Crippen LogP contribution in [-0.2, 0) is 9.59 Å². The van der Waals surface area contributed by atoms with Crippen LogP contribution in [0.1, 0.15) is 12.8 Å². The van der Waals surface area contributed by atoms with Crippen molar-refractivity contribution in [1.82, 2.24) is 4.90 Å². The Morgan fingerprint density at radius 2 is 2.19 bits per heavy atom. The molecule has 0 bridgehead atoms. The molecule has 2 rings (SSSR count). The lowest BCUT2D eigenvalue weighted by Crippen LogP contribution is -2.47. The monoisotopic (exact) mass is 261 g/mol. The number of hydrogen-bond donors (Lipinski definition) is 1. The summed E-state index contributed by atoms with van der Waals surface area (Å²) in [6, 6.07) is -0.616. The molecule has 4 nitrogen and oxygen atoms in total. The molecular formula is C10H15NO3S2. The van der Waals surface area contributed by atoms with Crippen LogP contribution in [0.2, 0.25) is 0 Å². The Morgan fingerprint density at radius 3 is 2.69 bits per heavy atom. The topological polar surface area (TPSA) is 57.6 Å². The van der Waals surface area contributed by atoms with Gasteiger partial charge in [-0.3, -0.25) is 4.79 Å². The van der Waals surface area contributed by atoms with Gasteiger partial charge in [-0.25, -0.2) is 4.79 Å². The summed E-state index contributed by atoms with van der Waals surface area (Å²) in [6.07, 6.45) is 4.13. The minimum atomic E-state index is -0.870. The highest BCUT2D eigenvalue weighted by Crippen LogP contribution is 2.45. The number of thioether (sulfide) groups is 2. The first-order valence-electron chi connectivity index (χ1n) is 5.29. The van der Waals surface area contributed by atoms with E-state index in [4.69, 9.17) is 5.11 Å². The van der Waals surface area contributed by atoms with Gasteiger partial charge in [0.25, 0.3) is 0 Å². The van der Waals surface area contributed by atoms with E-state index in [0.717, 1.165) is 12.8 Å². The zero-order chi connectivity index (χ0) is 11.7. The van der Waals surface area contributed by atoms with E-state index in [1.165, 1.54) is 11.8 Å². The van der Waals surface area contributed by atoms with Crippen molar-refractivity contribution in [2.45, 2.75) is 24.3 Å². The second-order valence-corrected chi connectivity index (χ2v) is 6.17. The third-order valence-electron chi connectivity index (χ3n) is 2.90. The fraction of sp³-hybridized carbons (Fsp3) is 0.800. The molecule has 1 amide bonds. The smallest absolute Gasteiger partial charge is 0.327 e. The Kier molecular flexibility index (Phi) is 3.69. The van der Waals surface area contributed by atoms with E-state index in [2.05, 4.69) is 0 Å². The maximum absolute atomic E-state index is 11.9. The predicted molar refractivity (Wildman–Crippen MR) is 65.6 cm³/mol. The third-order valence-corrected chi connectivity index (χ3v) is 4.90. The van der Waals surface area contributed by atoms with E-state index in [1.807, 2.05) is 6.26 Å². The summed E-state index contributed by atoms with van der Waals surface area (Å²) in [4.78, 5) is 24.6. The Labute approximate surface area is 103 Å². The molecule has 0 aromatic heterocycles. The van der Waals surface area contributed by atoms with Crippen molar-refractivity contribution in [2.75, 3.05) is 17.8 Å². The van der Waals surface area contributed by atoms with Gasteiger partial charge in [-0.1, -0.05) is 0 Å². The van der Waals surface area contributed by atoms with Gasteiger partial charge in [0.2, 0.25) is 5.91 Å². The molecule has 2 atom stereocenters. The van der Waals surface area contributed by atoms with Gasteiger partial charge in [0, 0.05) is 5.75 Å². The SMILES string of the molecule is CSCC(=O)N1C(C(=O)O)CSC1C1CC1. The Morgan fingerprint density at radius 1 is 1.50 bits per heavy atom. The number of carbonyl (C=O) groups is 2. The molecule has 1 heterocycles. The van der Waals surface area contributed by atoms with Crippen LogP contribution in [0.25, 0.3) is 0 Å². The van der Waals surface area contributed by atoms with Crippen molar-refractivity contribution < 1.29 is 14.7 Å². The normalized spacial score (nSPS) is 29.4. The zero-order valence-electron chi connectivity index (χ0n) is 9.09. The highest BCUT2D eigenvalue weighted by Gasteiger charge is 2.47. The van der Waals surface area contributed by atoms with Crippen LogP contribution < -0.4 is 0 Å². The van der Waals surface area contributed by atoms with E-state index in [-0.39, 0.29) is 11.3 Å². The molecule has 2 unspecified atom stereocenters. The molecule has 90 valence electrons. The van der Waals surface area contributed by atoms with Crippen LogP contribution in [0.3, 0.4) is 0 Å². The molecular weight excluding hydrogens is 246 g/mol. The first-order valence-corrected chi connectivity index (χ1v) is 7.74. The third kappa shape index (κ3) is 2.32. The van der Waals surface area contributed by atoms with Crippen LogP contribution in [0.15, 0.2) is 0 Å². The molecule has 2 aliphatic rings. The van der Waals surface area contributed by atoms with Crippen LogP contribution >= 0.6 is 23.5 Å². The Hall–Kier alpha value is -0.360. The maximum atomic E-state index is 11.9. The Balaban J connectivity index is 2.10. The highest BCUT2D eigenvalue weighted by molar-refractivity contribution is 8.00. The number of nitrogens with zero attached hydrogens (tertiary/aromatic N) is 1. The average Bonchev–Trinajstić information content (AvgIpc) is 2.97. The molecule has 1 aliphatic heterocycles. The summed E-state index contributed by atoms with van der Waals surface area (Å²) >= 11 is 3.08. The lowest BCUT2D eigenvalue weighted by Gasteiger charge is -2.27. The molecule has 1 aliphatic carbocycles. The summed E-state index contributed by atoms with van der Waals surface area (Å²) in [6.45, 7) is 0.